The summed E-state index contributed by atoms with van der Waals surface area (Å²) in [7, 11) is 0. The van der Waals surface area contributed by atoms with Crippen molar-refractivity contribution < 1.29 is 15.3 Å². The number of benzene rings is 1. The third kappa shape index (κ3) is 1.75. The van der Waals surface area contributed by atoms with Gasteiger partial charge in [0.25, 0.3) is 0 Å². The molecule has 2 fully saturated rings. The van der Waals surface area contributed by atoms with Gasteiger partial charge in [-0.2, -0.15) is 0 Å². The molecule has 0 aliphatic heterocycles. The van der Waals surface area contributed by atoms with E-state index in [1.807, 2.05) is 12.1 Å². The van der Waals surface area contributed by atoms with Gasteiger partial charge in [0.2, 0.25) is 0 Å². The fourth-order valence-corrected chi connectivity index (χ4v) is 5.94. The molecule has 5 atom stereocenters. The van der Waals surface area contributed by atoms with Gasteiger partial charge in [-0.15, -0.1) is 0 Å². The monoisotopic (exact) mass is 302 g/mol. The normalized spacial score (nSPS) is 43.3. The van der Waals surface area contributed by atoms with Gasteiger partial charge in [0.15, 0.2) is 0 Å². The third-order valence-corrected chi connectivity index (χ3v) is 7.29. The number of fused-ring (bicyclic) bond motifs is 5. The van der Waals surface area contributed by atoms with Crippen molar-refractivity contribution in [1.82, 2.24) is 0 Å². The first kappa shape index (κ1) is 14.5. The minimum Gasteiger partial charge on any atom is -0.508 e. The summed E-state index contributed by atoms with van der Waals surface area (Å²) < 4.78 is 0. The van der Waals surface area contributed by atoms with Gasteiger partial charge in [0.1, 0.15) is 5.75 Å². The van der Waals surface area contributed by atoms with Crippen molar-refractivity contribution in [2.45, 2.75) is 57.0 Å². The van der Waals surface area contributed by atoms with Crippen LogP contribution >= 0.6 is 0 Å². The van der Waals surface area contributed by atoms with E-state index in [1.165, 1.54) is 11.1 Å². The van der Waals surface area contributed by atoms with Crippen LogP contribution in [0, 0.1) is 17.3 Å². The fourth-order valence-electron chi connectivity index (χ4n) is 5.94. The molecule has 1 unspecified atom stereocenters. The van der Waals surface area contributed by atoms with Crippen LogP contribution < -0.4 is 0 Å². The summed E-state index contributed by atoms with van der Waals surface area (Å²) >= 11 is 0. The molecule has 0 bridgehead atoms. The SMILES string of the molecule is C[C@]12CC[C@@H]3c4ccc(O)cc4CC[C@H]3[C@@H]1CCC2(O)CO. The van der Waals surface area contributed by atoms with Crippen LogP contribution in [0.25, 0.3) is 0 Å². The molecule has 0 aromatic heterocycles. The molecule has 0 saturated heterocycles. The minimum absolute atomic E-state index is 0.109. The van der Waals surface area contributed by atoms with Gasteiger partial charge in [-0.1, -0.05) is 13.0 Å². The fraction of sp³-hybridized carbons (Fsp3) is 0.684. The van der Waals surface area contributed by atoms with Gasteiger partial charge >= 0.3 is 0 Å². The van der Waals surface area contributed by atoms with Crippen molar-refractivity contribution >= 4 is 0 Å². The first-order valence-corrected chi connectivity index (χ1v) is 8.63. The van der Waals surface area contributed by atoms with Crippen molar-refractivity contribution in [2.24, 2.45) is 17.3 Å². The van der Waals surface area contributed by atoms with Crippen LogP contribution in [0.15, 0.2) is 18.2 Å². The molecule has 0 heterocycles. The Balaban J connectivity index is 1.70. The minimum atomic E-state index is -0.891. The molecule has 3 aliphatic carbocycles. The lowest BCUT2D eigenvalue weighted by molar-refractivity contribution is -0.127. The summed E-state index contributed by atoms with van der Waals surface area (Å²) in [4.78, 5) is 0. The van der Waals surface area contributed by atoms with E-state index >= 15 is 0 Å². The van der Waals surface area contributed by atoms with E-state index < -0.39 is 5.60 Å². The van der Waals surface area contributed by atoms with E-state index in [0.717, 1.165) is 38.5 Å². The molecule has 120 valence electrons. The first-order valence-electron chi connectivity index (χ1n) is 8.63. The van der Waals surface area contributed by atoms with E-state index in [-0.39, 0.29) is 12.0 Å². The number of phenols is 1. The molecule has 3 aliphatic rings. The lowest BCUT2D eigenvalue weighted by Gasteiger charge is -2.53. The third-order valence-electron chi connectivity index (χ3n) is 7.29. The highest BCUT2D eigenvalue weighted by Crippen LogP contribution is 2.64. The molecule has 2 saturated carbocycles. The van der Waals surface area contributed by atoms with E-state index in [1.54, 1.807) is 0 Å². The number of hydrogen-bond acceptors (Lipinski definition) is 3. The van der Waals surface area contributed by atoms with Crippen molar-refractivity contribution in [3.8, 4) is 5.75 Å². The molecule has 0 amide bonds. The zero-order chi connectivity index (χ0) is 15.5. The maximum Gasteiger partial charge on any atom is 0.115 e. The molecule has 3 nitrogen and oxygen atoms in total. The topological polar surface area (TPSA) is 60.7 Å². The first-order chi connectivity index (χ1) is 10.5. The molecule has 4 rings (SSSR count). The predicted octanol–water partition coefficient (Wildman–Crippen LogP) is 2.97. The van der Waals surface area contributed by atoms with E-state index in [2.05, 4.69) is 13.0 Å². The zero-order valence-corrected chi connectivity index (χ0v) is 13.3. The highest BCUT2D eigenvalue weighted by Gasteiger charge is 2.61. The van der Waals surface area contributed by atoms with Gasteiger partial charge in [-0.25, -0.2) is 0 Å². The molecule has 1 aromatic rings. The van der Waals surface area contributed by atoms with Crippen molar-refractivity contribution in [2.75, 3.05) is 6.61 Å². The Bertz CT molecular complexity index is 598. The predicted molar refractivity (Wildman–Crippen MR) is 84.8 cm³/mol. The zero-order valence-electron chi connectivity index (χ0n) is 13.3. The van der Waals surface area contributed by atoms with E-state index in [0.29, 0.717) is 23.5 Å². The number of aliphatic hydroxyl groups is 2. The van der Waals surface area contributed by atoms with Crippen LogP contribution in [0.5, 0.6) is 5.75 Å². The highest BCUT2D eigenvalue weighted by molar-refractivity contribution is 5.40. The largest absolute Gasteiger partial charge is 0.508 e. The maximum absolute atomic E-state index is 10.9. The smallest absolute Gasteiger partial charge is 0.115 e. The Morgan fingerprint density at radius 1 is 1.18 bits per heavy atom. The second-order valence-electron chi connectivity index (χ2n) is 7.98. The Morgan fingerprint density at radius 2 is 2.00 bits per heavy atom. The Morgan fingerprint density at radius 3 is 2.77 bits per heavy atom. The summed E-state index contributed by atoms with van der Waals surface area (Å²) in [6, 6.07) is 5.85. The average molecular weight is 302 g/mol. The quantitative estimate of drug-likeness (QED) is 0.747. The number of phenolic OH excluding ortho intramolecular Hbond substituents is 1. The van der Waals surface area contributed by atoms with Gasteiger partial charge in [0.05, 0.1) is 12.2 Å². The molecule has 0 radical (unpaired) electrons. The second-order valence-corrected chi connectivity index (χ2v) is 7.98. The van der Waals surface area contributed by atoms with E-state index in [9.17, 15) is 15.3 Å². The Labute approximate surface area is 132 Å². The van der Waals surface area contributed by atoms with Crippen LogP contribution in [-0.2, 0) is 6.42 Å². The molecular weight excluding hydrogens is 276 g/mol. The summed E-state index contributed by atoms with van der Waals surface area (Å²) in [6.45, 7) is 2.09. The highest BCUT2D eigenvalue weighted by atomic mass is 16.3. The van der Waals surface area contributed by atoms with Gasteiger partial charge in [0, 0.05) is 5.41 Å². The molecule has 22 heavy (non-hydrogen) atoms. The van der Waals surface area contributed by atoms with Crippen molar-refractivity contribution in [3.63, 3.8) is 0 Å². The van der Waals surface area contributed by atoms with Crippen LogP contribution in [0.1, 0.15) is 56.1 Å². The summed E-state index contributed by atoms with van der Waals surface area (Å²) in [5.74, 6) is 2.04. The maximum atomic E-state index is 10.9. The number of aromatic hydroxyl groups is 1. The number of rotatable bonds is 1. The molecule has 3 N–H and O–H groups in total. The number of aryl methyl sites for hydroxylation is 1. The Kier molecular flexibility index (Phi) is 3.11. The lowest BCUT2D eigenvalue weighted by atomic mass is 9.53. The lowest BCUT2D eigenvalue weighted by Crippen LogP contribution is -2.52. The van der Waals surface area contributed by atoms with Crippen LogP contribution in [0.4, 0.5) is 0 Å². The van der Waals surface area contributed by atoms with Crippen molar-refractivity contribution in [1.29, 1.82) is 0 Å². The molecular formula is C19H26O3. The molecule has 1 aromatic carbocycles. The van der Waals surface area contributed by atoms with E-state index in [4.69, 9.17) is 0 Å². The standard InChI is InChI=1S/C19H26O3/c1-18-8-6-15-14-5-3-13(21)10-12(14)2-4-16(15)17(18)7-9-19(18,22)11-20/h3,5,10,15-17,20-22H,2,4,6-9,11H2,1H3/t15-,16-,17+,18+,19?/m1/s1. The average Bonchev–Trinajstić information content (AvgIpc) is 2.79. The van der Waals surface area contributed by atoms with Gasteiger partial charge in [-0.05, 0) is 79.5 Å². The van der Waals surface area contributed by atoms with Crippen LogP contribution in [-0.4, -0.2) is 27.5 Å². The second kappa shape index (κ2) is 4.72. The van der Waals surface area contributed by atoms with Crippen LogP contribution in [0.3, 0.4) is 0 Å². The number of aliphatic hydroxyl groups excluding tert-OH is 1. The summed E-state index contributed by atoms with van der Waals surface area (Å²) in [5, 5.41) is 30.3. The number of hydrogen-bond donors (Lipinski definition) is 3. The van der Waals surface area contributed by atoms with Gasteiger partial charge in [-0.3, -0.25) is 0 Å². The molecule has 0 spiro atoms. The Hall–Kier alpha value is -1.06. The van der Waals surface area contributed by atoms with Crippen LogP contribution in [0.2, 0.25) is 0 Å². The van der Waals surface area contributed by atoms with Gasteiger partial charge < -0.3 is 15.3 Å². The summed E-state index contributed by atoms with van der Waals surface area (Å²) in [6.07, 6.45) is 5.99. The molecule has 3 heteroatoms. The van der Waals surface area contributed by atoms with Crippen molar-refractivity contribution in [3.05, 3.63) is 29.3 Å². The summed E-state index contributed by atoms with van der Waals surface area (Å²) in [5.41, 5.74) is 1.69.